The Kier molecular flexibility index (Phi) is 6.93. The van der Waals surface area contributed by atoms with Crippen LogP contribution in [-0.4, -0.2) is 9.97 Å². The van der Waals surface area contributed by atoms with Crippen LogP contribution in [0.5, 0.6) is 0 Å². The predicted octanol–water partition coefficient (Wildman–Crippen LogP) is 9.84. The maximum Gasteiger partial charge on any atom is 0.213 e. The quantitative estimate of drug-likeness (QED) is 0.141. The van der Waals surface area contributed by atoms with Crippen molar-refractivity contribution < 1.29 is 9.13 Å². The first-order valence-electron chi connectivity index (χ1n) is 17.5. The summed E-state index contributed by atoms with van der Waals surface area (Å²) in [5.41, 5.74) is 18.5. The number of benzene rings is 3. The Balaban J connectivity index is 1.35. The third kappa shape index (κ3) is 4.44. The Hall–Kier alpha value is -5.74. The number of aromatic nitrogens is 4. The van der Waals surface area contributed by atoms with Crippen molar-refractivity contribution in [2.45, 2.75) is 52.6 Å². The maximum atomic E-state index is 4.66. The lowest BCUT2D eigenvalue weighted by Crippen LogP contribution is -2.52. The minimum atomic E-state index is 0.0472. The van der Waals surface area contributed by atoms with Crippen LogP contribution in [0, 0.1) is 34.6 Å². The molecule has 3 aromatic carbocycles. The van der Waals surface area contributed by atoms with E-state index in [2.05, 4.69) is 157 Å². The van der Waals surface area contributed by atoms with Gasteiger partial charge in [0.25, 0.3) is 0 Å². The summed E-state index contributed by atoms with van der Waals surface area (Å²) in [6, 6.07) is 31.9. The number of nitrogens with zero attached hydrogens (tertiary/aromatic N) is 4. The van der Waals surface area contributed by atoms with Crippen LogP contribution >= 0.6 is 0 Å². The largest absolute Gasteiger partial charge is 0.264 e. The molecule has 3 atom stereocenters. The van der Waals surface area contributed by atoms with E-state index in [-0.39, 0.29) is 18.0 Å². The van der Waals surface area contributed by atoms with Crippen molar-refractivity contribution in [2.75, 3.05) is 0 Å². The highest BCUT2D eigenvalue weighted by Crippen LogP contribution is 2.51. The van der Waals surface area contributed by atoms with Gasteiger partial charge in [0.2, 0.25) is 11.4 Å². The average Bonchev–Trinajstić information content (AvgIpc) is 3.25. The van der Waals surface area contributed by atoms with E-state index in [4.69, 9.17) is 0 Å². The van der Waals surface area contributed by atoms with Gasteiger partial charge in [0.1, 0.15) is 5.92 Å². The number of allylic oxidation sites excluding steroid dienone is 1. The average molecular weight is 649 g/mol. The fourth-order valence-corrected chi connectivity index (χ4v) is 8.82. The number of fused-ring (bicyclic) bond motifs is 11. The van der Waals surface area contributed by atoms with Crippen LogP contribution < -0.4 is 9.13 Å². The second-order valence-electron chi connectivity index (χ2n) is 14.2. The van der Waals surface area contributed by atoms with Gasteiger partial charge in [0.05, 0.1) is 11.1 Å². The van der Waals surface area contributed by atoms with Crippen molar-refractivity contribution in [1.29, 1.82) is 0 Å². The molecule has 50 heavy (non-hydrogen) atoms. The molecule has 7 aromatic rings. The molecule has 2 aliphatic heterocycles. The molecule has 3 unspecified atom stereocenters. The van der Waals surface area contributed by atoms with Crippen molar-refractivity contribution >= 4 is 10.8 Å². The van der Waals surface area contributed by atoms with E-state index < -0.39 is 0 Å². The van der Waals surface area contributed by atoms with Crippen LogP contribution in [-0.2, 0) is 0 Å². The summed E-state index contributed by atoms with van der Waals surface area (Å²) in [5, 5.41) is 2.35. The molecule has 2 aliphatic rings. The third-order valence-corrected chi connectivity index (χ3v) is 11.3. The van der Waals surface area contributed by atoms with Gasteiger partial charge in [0, 0.05) is 65.1 Å². The van der Waals surface area contributed by atoms with E-state index in [1.807, 2.05) is 25.5 Å². The van der Waals surface area contributed by atoms with E-state index >= 15 is 0 Å². The minimum absolute atomic E-state index is 0.0472. The predicted molar refractivity (Wildman–Crippen MR) is 202 cm³/mol. The summed E-state index contributed by atoms with van der Waals surface area (Å²) in [5.74, 6) is 0.152. The molecule has 4 heteroatoms. The molecule has 0 spiro atoms. The third-order valence-electron chi connectivity index (χ3n) is 11.3. The second kappa shape index (κ2) is 11.4. The van der Waals surface area contributed by atoms with Crippen LogP contribution in [0.1, 0.15) is 57.1 Å². The van der Waals surface area contributed by atoms with Crippen molar-refractivity contribution in [1.82, 2.24) is 9.97 Å². The normalized spacial score (nSPS) is 17.2. The topological polar surface area (TPSA) is 33.5 Å². The highest BCUT2D eigenvalue weighted by Gasteiger charge is 2.51. The lowest BCUT2D eigenvalue weighted by Gasteiger charge is -2.31. The van der Waals surface area contributed by atoms with Crippen molar-refractivity contribution in [3.8, 4) is 44.8 Å². The van der Waals surface area contributed by atoms with Crippen molar-refractivity contribution in [2.24, 2.45) is 0 Å². The Morgan fingerprint density at radius 2 is 1.34 bits per heavy atom. The van der Waals surface area contributed by atoms with Gasteiger partial charge in [-0.25, -0.2) is 0 Å². The zero-order valence-electron chi connectivity index (χ0n) is 29.3. The van der Waals surface area contributed by atoms with Crippen molar-refractivity contribution in [3.05, 3.63) is 168 Å². The zero-order valence-corrected chi connectivity index (χ0v) is 29.3. The van der Waals surface area contributed by atoms with E-state index in [0.717, 1.165) is 16.6 Å². The van der Waals surface area contributed by atoms with Gasteiger partial charge >= 0.3 is 0 Å². The number of hydrogen-bond donors (Lipinski definition) is 0. The van der Waals surface area contributed by atoms with Gasteiger partial charge in [-0.1, -0.05) is 43.0 Å². The number of aryl methyl sites for hydroxylation is 3. The Morgan fingerprint density at radius 3 is 2.08 bits per heavy atom. The van der Waals surface area contributed by atoms with Crippen LogP contribution in [0.4, 0.5) is 0 Å². The molecule has 0 N–H and O–H groups in total. The molecule has 0 bridgehead atoms. The molecule has 4 aromatic heterocycles. The summed E-state index contributed by atoms with van der Waals surface area (Å²) < 4.78 is 4.99. The molecule has 0 aliphatic carbocycles. The van der Waals surface area contributed by atoms with Gasteiger partial charge < -0.3 is 0 Å². The van der Waals surface area contributed by atoms with Crippen LogP contribution in [0.15, 0.2) is 129 Å². The summed E-state index contributed by atoms with van der Waals surface area (Å²) in [6.07, 6.45) is 12.7. The van der Waals surface area contributed by atoms with E-state index in [1.54, 1.807) is 0 Å². The first-order valence-corrected chi connectivity index (χ1v) is 17.5. The van der Waals surface area contributed by atoms with Crippen LogP contribution in [0.3, 0.4) is 0 Å². The highest BCUT2D eigenvalue weighted by molar-refractivity contribution is 6.07. The highest BCUT2D eigenvalue weighted by atomic mass is 15.1. The summed E-state index contributed by atoms with van der Waals surface area (Å²) in [6.45, 7) is 15.4. The first kappa shape index (κ1) is 30.3. The molecule has 0 saturated carbocycles. The summed E-state index contributed by atoms with van der Waals surface area (Å²) in [7, 11) is 0. The Labute approximate surface area is 294 Å². The summed E-state index contributed by atoms with van der Waals surface area (Å²) in [4.78, 5) is 9.32. The standard InChI is InChI=1S/C46H40N4/c1-7-40-45-35-11-9-8-10-34(35)41-22-28(3)18-21-50(41)46(45)37-15-14-32(24-38(37)42-23-27(2)17-20-49(40)42)43-30(5)31(6)44(33-13-12-29(4)48-25-33)36-16-19-47-26-39(36)43/h7-26,40,45-46H,1H2,2-6H3/q+2. The fraction of sp³-hybridized carbons (Fsp3) is 0.174. The monoisotopic (exact) mass is 648 g/mol. The molecule has 0 saturated heterocycles. The molecule has 6 heterocycles. The number of rotatable bonds is 3. The molecule has 0 fully saturated rings. The Morgan fingerprint density at radius 1 is 0.640 bits per heavy atom. The van der Waals surface area contributed by atoms with Crippen LogP contribution in [0.25, 0.3) is 55.5 Å². The molecule has 0 radical (unpaired) electrons. The van der Waals surface area contributed by atoms with Gasteiger partial charge in [-0.05, 0) is 115 Å². The van der Waals surface area contributed by atoms with Gasteiger partial charge in [-0.15, -0.1) is 0 Å². The van der Waals surface area contributed by atoms with Crippen molar-refractivity contribution in [3.63, 3.8) is 0 Å². The maximum absolute atomic E-state index is 4.66. The molecule has 4 nitrogen and oxygen atoms in total. The number of hydrogen-bond acceptors (Lipinski definition) is 2. The first-order chi connectivity index (χ1) is 24.3. The SMILES string of the molecule is C=CC1C2c3ccccc3-c3cc(C)cc[n+]3C2c2ccc(-c3c(C)c(C)c(-c4ccc(C)nc4)c4ccncc34)cc2-c2cc(C)cc[n+]21. The van der Waals surface area contributed by atoms with E-state index in [9.17, 15) is 0 Å². The Bertz CT molecular complexity index is 2530. The molecule has 242 valence electrons. The molecule has 0 amide bonds. The molecular formula is C46H40N4+2. The lowest BCUT2D eigenvalue weighted by molar-refractivity contribution is -0.739. The minimum Gasteiger partial charge on any atom is -0.264 e. The smallest absolute Gasteiger partial charge is 0.213 e. The number of pyridine rings is 4. The zero-order chi connectivity index (χ0) is 34.3. The van der Waals surface area contributed by atoms with Gasteiger partial charge in [-0.3, -0.25) is 9.97 Å². The van der Waals surface area contributed by atoms with Gasteiger partial charge in [-0.2, -0.15) is 9.13 Å². The van der Waals surface area contributed by atoms with Crippen LogP contribution in [0.2, 0.25) is 0 Å². The molecular weight excluding hydrogens is 609 g/mol. The molecule has 9 rings (SSSR count). The van der Waals surface area contributed by atoms with E-state index in [0.29, 0.717) is 0 Å². The fourth-order valence-electron chi connectivity index (χ4n) is 8.82. The lowest BCUT2D eigenvalue weighted by atomic mass is 9.75. The second-order valence-corrected chi connectivity index (χ2v) is 14.2. The van der Waals surface area contributed by atoms with Gasteiger partial charge in [0.15, 0.2) is 24.5 Å². The van der Waals surface area contributed by atoms with E-state index in [1.165, 1.54) is 78.0 Å². The summed E-state index contributed by atoms with van der Waals surface area (Å²) >= 11 is 0.